The normalized spacial score (nSPS) is 25.4. The highest BCUT2D eigenvalue weighted by molar-refractivity contribution is 4.78. The molecule has 1 aliphatic rings. The highest BCUT2D eigenvalue weighted by Crippen LogP contribution is 2.12. The number of morpholine rings is 1. The van der Waals surface area contributed by atoms with Crippen LogP contribution in [0.4, 0.5) is 0 Å². The van der Waals surface area contributed by atoms with Crippen LogP contribution in [0.3, 0.4) is 0 Å². The number of likely N-dealkylation sites (N-methyl/N-ethyl adjacent to an activating group) is 1. The molecule has 3 heteroatoms. The van der Waals surface area contributed by atoms with Crippen molar-refractivity contribution in [2.75, 3.05) is 39.9 Å². The molecule has 0 aromatic carbocycles. The molecule has 1 aliphatic heterocycles. The SMILES string of the molecule is CCCC(C)CN1CCOCC1CNC. The molecule has 0 aromatic heterocycles. The van der Waals surface area contributed by atoms with Crippen molar-refractivity contribution in [1.82, 2.24) is 10.2 Å². The summed E-state index contributed by atoms with van der Waals surface area (Å²) in [6.07, 6.45) is 2.63. The van der Waals surface area contributed by atoms with Crippen LogP contribution < -0.4 is 5.32 Å². The minimum atomic E-state index is 0.572. The fourth-order valence-electron chi connectivity index (χ4n) is 2.34. The number of ether oxygens (including phenoxy) is 1. The Bertz CT molecular complexity index is 162. The van der Waals surface area contributed by atoms with E-state index < -0.39 is 0 Å². The Balaban J connectivity index is 2.34. The molecular formula is C12H26N2O. The van der Waals surface area contributed by atoms with E-state index in [1.54, 1.807) is 0 Å². The topological polar surface area (TPSA) is 24.5 Å². The van der Waals surface area contributed by atoms with Crippen molar-refractivity contribution < 1.29 is 4.74 Å². The van der Waals surface area contributed by atoms with Crippen LogP contribution in [0.25, 0.3) is 0 Å². The lowest BCUT2D eigenvalue weighted by molar-refractivity contribution is -0.0125. The first-order valence-electron chi connectivity index (χ1n) is 6.24. The second kappa shape index (κ2) is 7.20. The van der Waals surface area contributed by atoms with E-state index in [4.69, 9.17) is 4.74 Å². The fourth-order valence-corrected chi connectivity index (χ4v) is 2.34. The van der Waals surface area contributed by atoms with Crippen LogP contribution >= 0.6 is 0 Å². The predicted molar refractivity (Wildman–Crippen MR) is 64.2 cm³/mol. The third kappa shape index (κ3) is 4.49. The monoisotopic (exact) mass is 214 g/mol. The minimum Gasteiger partial charge on any atom is -0.378 e. The first-order chi connectivity index (χ1) is 7.27. The molecule has 15 heavy (non-hydrogen) atoms. The molecule has 0 spiro atoms. The average Bonchev–Trinajstić information content (AvgIpc) is 2.21. The first kappa shape index (κ1) is 12.9. The molecule has 1 heterocycles. The molecule has 1 rings (SSSR count). The molecule has 3 nitrogen and oxygen atoms in total. The van der Waals surface area contributed by atoms with Gasteiger partial charge in [0.25, 0.3) is 0 Å². The van der Waals surface area contributed by atoms with Gasteiger partial charge in [-0.25, -0.2) is 0 Å². The van der Waals surface area contributed by atoms with Crippen molar-refractivity contribution in [3.05, 3.63) is 0 Å². The summed E-state index contributed by atoms with van der Waals surface area (Å²) < 4.78 is 5.52. The molecule has 90 valence electrons. The van der Waals surface area contributed by atoms with Crippen LogP contribution in [-0.4, -0.2) is 50.8 Å². The van der Waals surface area contributed by atoms with Gasteiger partial charge in [-0.1, -0.05) is 20.3 Å². The fraction of sp³-hybridized carbons (Fsp3) is 1.00. The van der Waals surface area contributed by atoms with Gasteiger partial charge < -0.3 is 10.1 Å². The van der Waals surface area contributed by atoms with Crippen molar-refractivity contribution in [3.8, 4) is 0 Å². The highest BCUT2D eigenvalue weighted by atomic mass is 16.5. The lowest BCUT2D eigenvalue weighted by Crippen LogP contribution is -2.51. The highest BCUT2D eigenvalue weighted by Gasteiger charge is 2.23. The summed E-state index contributed by atoms with van der Waals surface area (Å²) in [5.41, 5.74) is 0. The van der Waals surface area contributed by atoms with Crippen molar-refractivity contribution >= 4 is 0 Å². The maximum atomic E-state index is 5.52. The summed E-state index contributed by atoms with van der Waals surface area (Å²) >= 11 is 0. The van der Waals surface area contributed by atoms with Gasteiger partial charge in [0.1, 0.15) is 0 Å². The van der Waals surface area contributed by atoms with E-state index in [1.165, 1.54) is 19.4 Å². The second-order valence-electron chi connectivity index (χ2n) is 4.68. The number of hydrogen-bond acceptors (Lipinski definition) is 3. The van der Waals surface area contributed by atoms with Gasteiger partial charge >= 0.3 is 0 Å². The molecule has 0 bridgehead atoms. The van der Waals surface area contributed by atoms with Crippen LogP contribution in [0.1, 0.15) is 26.7 Å². The molecule has 2 unspecified atom stereocenters. The smallest absolute Gasteiger partial charge is 0.0634 e. The van der Waals surface area contributed by atoms with E-state index in [0.29, 0.717) is 6.04 Å². The lowest BCUT2D eigenvalue weighted by atomic mass is 10.0. The second-order valence-corrected chi connectivity index (χ2v) is 4.68. The Hall–Kier alpha value is -0.120. The zero-order valence-electron chi connectivity index (χ0n) is 10.5. The van der Waals surface area contributed by atoms with E-state index in [2.05, 4.69) is 24.1 Å². The zero-order valence-corrected chi connectivity index (χ0v) is 10.5. The summed E-state index contributed by atoms with van der Waals surface area (Å²) in [7, 11) is 2.02. The predicted octanol–water partition coefficient (Wildman–Crippen LogP) is 1.34. The van der Waals surface area contributed by atoms with Crippen molar-refractivity contribution in [1.29, 1.82) is 0 Å². The van der Waals surface area contributed by atoms with E-state index >= 15 is 0 Å². The van der Waals surface area contributed by atoms with Gasteiger partial charge in [0.2, 0.25) is 0 Å². The summed E-state index contributed by atoms with van der Waals surface area (Å²) in [6.45, 7) is 9.78. The molecule has 1 fully saturated rings. The van der Waals surface area contributed by atoms with Crippen LogP contribution in [0.5, 0.6) is 0 Å². The van der Waals surface area contributed by atoms with Gasteiger partial charge in [-0.05, 0) is 19.4 Å². The van der Waals surface area contributed by atoms with E-state index in [9.17, 15) is 0 Å². The molecule has 0 aliphatic carbocycles. The molecule has 1 saturated heterocycles. The maximum Gasteiger partial charge on any atom is 0.0634 e. The van der Waals surface area contributed by atoms with Gasteiger partial charge in [-0.2, -0.15) is 0 Å². The summed E-state index contributed by atoms with van der Waals surface area (Å²) in [6, 6.07) is 0.572. The van der Waals surface area contributed by atoms with E-state index in [1.807, 2.05) is 7.05 Å². The Kier molecular flexibility index (Phi) is 6.22. The molecule has 2 atom stereocenters. The molecule has 1 N–H and O–H groups in total. The molecule has 0 aromatic rings. The van der Waals surface area contributed by atoms with Gasteiger partial charge in [0.15, 0.2) is 0 Å². The van der Waals surface area contributed by atoms with Crippen LogP contribution in [-0.2, 0) is 4.74 Å². The summed E-state index contributed by atoms with van der Waals surface area (Å²) in [4.78, 5) is 2.58. The first-order valence-corrected chi connectivity index (χ1v) is 6.24. The quantitative estimate of drug-likeness (QED) is 0.722. The third-order valence-electron chi connectivity index (χ3n) is 3.12. The Morgan fingerprint density at radius 2 is 2.33 bits per heavy atom. The van der Waals surface area contributed by atoms with E-state index in [0.717, 1.165) is 32.2 Å². The summed E-state index contributed by atoms with van der Waals surface area (Å²) in [5, 5.41) is 3.25. The van der Waals surface area contributed by atoms with Gasteiger partial charge in [-0.15, -0.1) is 0 Å². The number of nitrogens with zero attached hydrogens (tertiary/aromatic N) is 1. The number of rotatable bonds is 6. The Labute approximate surface area is 94.2 Å². The van der Waals surface area contributed by atoms with Crippen LogP contribution in [0, 0.1) is 5.92 Å². The molecule has 0 radical (unpaired) electrons. The van der Waals surface area contributed by atoms with Crippen LogP contribution in [0.15, 0.2) is 0 Å². The Morgan fingerprint density at radius 1 is 1.53 bits per heavy atom. The maximum absolute atomic E-state index is 5.52. The molecular weight excluding hydrogens is 188 g/mol. The van der Waals surface area contributed by atoms with Crippen molar-refractivity contribution in [2.45, 2.75) is 32.7 Å². The molecule has 0 amide bonds. The van der Waals surface area contributed by atoms with Gasteiger partial charge in [0.05, 0.1) is 13.2 Å². The molecule has 0 saturated carbocycles. The zero-order chi connectivity index (χ0) is 11.1. The van der Waals surface area contributed by atoms with Crippen LogP contribution in [0.2, 0.25) is 0 Å². The summed E-state index contributed by atoms with van der Waals surface area (Å²) in [5.74, 6) is 0.812. The number of nitrogens with one attached hydrogen (secondary N) is 1. The Morgan fingerprint density at radius 3 is 3.00 bits per heavy atom. The standard InChI is InChI=1S/C12H26N2O/c1-4-5-11(2)9-14-6-7-15-10-12(14)8-13-3/h11-13H,4-10H2,1-3H3. The minimum absolute atomic E-state index is 0.572. The van der Waals surface area contributed by atoms with Crippen molar-refractivity contribution in [3.63, 3.8) is 0 Å². The number of hydrogen-bond donors (Lipinski definition) is 1. The van der Waals surface area contributed by atoms with Crippen molar-refractivity contribution in [2.24, 2.45) is 5.92 Å². The average molecular weight is 214 g/mol. The van der Waals surface area contributed by atoms with Gasteiger partial charge in [-0.3, -0.25) is 4.90 Å². The largest absolute Gasteiger partial charge is 0.378 e. The van der Waals surface area contributed by atoms with E-state index in [-0.39, 0.29) is 0 Å². The van der Waals surface area contributed by atoms with Gasteiger partial charge in [0, 0.05) is 25.7 Å². The lowest BCUT2D eigenvalue weighted by Gasteiger charge is -2.37. The third-order valence-corrected chi connectivity index (χ3v) is 3.12.